The second kappa shape index (κ2) is 8.08. The second-order valence-electron chi connectivity index (χ2n) is 8.14. The molecule has 4 rings (SSSR count). The summed E-state index contributed by atoms with van der Waals surface area (Å²) in [6.07, 6.45) is -0.677. The highest BCUT2D eigenvalue weighted by atomic mass is 32.1. The average molecular weight is 442 g/mol. The molecule has 2 unspecified atom stereocenters. The normalized spacial score (nSPS) is 26.4. The molecule has 2 aromatic rings. The summed E-state index contributed by atoms with van der Waals surface area (Å²) in [7, 11) is 0. The van der Waals surface area contributed by atoms with Crippen LogP contribution in [-0.4, -0.2) is 53.0 Å². The molecule has 0 bridgehead atoms. The van der Waals surface area contributed by atoms with Gasteiger partial charge in [-0.3, -0.25) is 0 Å². The quantitative estimate of drug-likeness (QED) is 0.779. The molecular weight excluding hydrogens is 416 g/mol. The zero-order valence-corrected chi connectivity index (χ0v) is 18.1. The Hall–Kier alpha value is -1.72. The first-order chi connectivity index (χ1) is 14.2. The van der Waals surface area contributed by atoms with Gasteiger partial charge in [-0.05, 0) is 33.8 Å². The molecule has 3 atom stereocenters. The third-order valence-corrected chi connectivity index (χ3v) is 6.17. The maximum absolute atomic E-state index is 15.2. The van der Waals surface area contributed by atoms with Crippen molar-refractivity contribution in [3.05, 3.63) is 28.3 Å². The molecule has 0 aliphatic carbocycles. The van der Waals surface area contributed by atoms with E-state index in [-0.39, 0.29) is 28.5 Å². The number of aliphatic hydroxyl groups excluding tert-OH is 1. The van der Waals surface area contributed by atoms with Crippen LogP contribution in [0.3, 0.4) is 0 Å². The zero-order chi connectivity index (χ0) is 21.6. The van der Waals surface area contributed by atoms with Crippen LogP contribution in [0.2, 0.25) is 0 Å². The number of aliphatic hydroxyl groups is 1. The lowest BCUT2D eigenvalue weighted by Gasteiger charge is -2.38. The van der Waals surface area contributed by atoms with Crippen LogP contribution >= 0.6 is 11.3 Å². The summed E-state index contributed by atoms with van der Waals surface area (Å²) in [4.78, 5) is 1.73. The second-order valence-corrected chi connectivity index (χ2v) is 9.15. The maximum Gasteiger partial charge on any atom is 0.183 e. The summed E-state index contributed by atoms with van der Waals surface area (Å²) in [6.45, 7) is 8.04. The first-order valence-corrected chi connectivity index (χ1v) is 10.7. The number of halogens is 2. The Morgan fingerprint density at radius 2 is 1.90 bits per heavy atom. The van der Waals surface area contributed by atoms with E-state index in [1.54, 1.807) is 18.7 Å². The van der Waals surface area contributed by atoms with Crippen LogP contribution in [0.25, 0.3) is 10.6 Å². The van der Waals surface area contributed by atoms with Gasteiger partial charge in [-0.2, -0.15) is 0 Å². The highest BCUT2D eigenvalue weighted by molar-refractivity contribution is 7.14. The summed E-state index contributed by atoms with van der Waals surface area (Å²) in [6, 6.07) is 1.44. The Labute approximate surface area is 177 Å². The van der Waals surface area contributed by atoms with Crippen molar-refractivity contribution in [2.45, 2.75) is 58.4 Å². The molecule has 0 amide bonds. The molecular formula is C20H25F2N3O4S. The van der Waals surface area contributed by atoms with E-state index < -0.39 is 30.1 Å². The van der Waals surface area contributed by atoms with Crippen LogP contribution in [-0.2, 0) is 20.8 Å². The lowest BCUT2D eigenvalue weighted by atomic mass is 10.0. The lowest BCUT2D eigenvalue weighted by molar-refractivity contribution is -0.139. The minimum absolute atomic E-state index is 0.0309. The summed E-state index contributed by atoms with van der Waals surface area (Å²) in [5, 5.41) is 18.8. The predicted molar refractivity (Wildman–Crippen MR) is 107 cm³/mol. The Morgan fingerprint density at radius 3 is 2.50 bits per heavy atom. The van der Waals surface area contributed by atoms with Crippen molar-refractivity contribution in [1.82, 2.24) is 10.2 Å². The molecule has 7 nitrogen and oxygen atoms in total. The van der Waals surface area contributed by atoms with Crippen LogP contribution in [0.4, 0.5) is 14.5 Å². The third-order valence-electron chi connectivity index (χ3n) is 5.12. The van der Waals surface area contributed by atoms with Gasteiger partial charge in [0.1, 0.15) is 11.1 Å². The van der Waals surface area contributed by atoms with E-state index in [9.17, 15) is 5.11 Å². The molecule has 164 valence electrons. The lowest BCUT2D eigenvalue weighted by Crippen LogP contribution is -2.46. The monoisotopic (exact) mass is 441 g/mol. The average Bonchev–Trinajstić information content (AvgIpc) is 3.29. The van der Waals surface area contributed by atoms with Crippen molar-refractivity contribution < 1.29 is 28.1 Å². The van der Waals surface area contributed by atoms with E-state index in [0.717, 1.165) is 11.3 Å². The van der Waals surface area contributed by atoms with Gasteiger partial charge in [0.05, 0.1) is 36.7 Å². The first kappa shape index (κ1) is 21.5. The molecule has 1 N–H and O–H groups in total. The summed E-state index contributed by atoms with van der Waals surface area (Å²) in [5.74, 6) is -2.75. The maximum atomic E-state index is 15.2. The molecule has 10 heteroatoms. The number of morpholine rings is 1. The molecule has 1 aromatic heterocycles. The predicted octanol–water partition coefficient (Wildman–Crippen LogP) is 3.41. The molecule has 1 aromatic carbocycles. The van der Waals surface area contributed by atoms with E-state index in [1.165, 1.54) is 6.07 Å². The molecule has 2 saturated heterocycles. The number of hydrogen-bond donors (Lipinski definition) is 1. The van der Waals surface area contributed by atoms with Crippen molar-refractivity contribution in [1.29, 1.82) is 0 Å². The Kier molecular flexibility index (Phi) is 5.80. The smallest absolute Gasteiger partial charge is 0.183 e. The SMILES string of the molecule is CC1CN(c2c(CO)cc(-c3nnc(C4COC(C)(C)O4)s3)c(F)c2F)C[C@H](C)O1. The molecule has 30 heavy (non-hydrogen) atoms. The fraction of sp³-hybridized carbons (Fsp3) is 0.600. The van der Waals surface area contributed by atoms with Crippen LogP contribution in [0.1, 0.15) is 44.4 Å². The number of hydrogen-bond acceptors (Lipinski definition) is 8. The molecule has 2 aliphatic heterocycles. The van der Waals surface area contributed by atoms with Crippen molar-refractivity contribution in [3.8, 4) is 10.6 Å². The van der Waals surface area contributed by atoms with Crippen molar-refractivity contribution in [3.63, 3.8) is 0 Å². The summed E-state index contributed by atoms with van der Waals surface area (Å²) < 4.78 is 47.3. The number of benzene rings is 1. The molecule has 2 fully saturated rings. The Bertz CT molecular complexity index is 929. The molecule has 2 aliphatic rings. The zero-order valence-electron chi connectivity index (χ0n) is 17.3. The van der Waals surface area contributed by atoms with E-state index >= 15 is 8.78 Å². The van der Waals surface area contributed by atoms with Gasteiger partial charge < -0.3 is 24.2 Å². The number of rotatable bonds is 4. The largest absolute Gasteiger partial charge is 0.392 e. The minimum atomic E-state index is -1.01. The van der Waals surface area contributed by atoms with Gasteiger partial charge in [-0.1, -0.05) is 11.3 Å². The molecule has 3 heterocycles. The van der Waals surface area contributed by atoms with E-state index in [2.05, 4.69) is 10.2 Å². The molecule has 0 radical (unpaired) electrons. The van der Waals surface area contributed by atoms with Crippen LogP contribution in [0, 0.1) is 11.6 Å². The number of ether oxygens (including phenoxy) is 3. The standard InChI is InChI=1S/C20H25F2N3O4S/c1-10-6-25(7-11(2)28-10)17-12(8-26)5-13(15(21)16(17)22)18-23-24-19(30-18)14-9-27-20(3,4)29-14/h5,10-11,14,26H,6-9H2,1-4H3/t10-,11?,14?/m0/s1. The van der Waals surface area contributed by atoms with Crippen molar-refractivity contribution in [2.75, 3.05) is 24.6 Å². The number of nitrogens with zero attached hydrogens (tertiary/aromatic N) is 3. The fourth-order valence-corrected chi connectivity index (χ4v) is 4.80. The third kappa shape index (κ3) is 4.06. The van der Waals surface area contributed by atoms with Crippen LogP contribution in [0.5, 0.6) is 0 Å². The topological polar surface area (TPSA) is 76.9 Å². The Morgan fingerprint density at radius 1 is 1.20 bits per heavy atom. The Balaban J connectivity index is 1.68. The van der Waals surface area contributed by atoms with Crippen molar-refractivity contribution in [2.24, 2.45) is 0 Å². The van der Waals surface area contributed by atoms with Crippen LogP contribution in [0.15, 0.2) is 6.07 Å². The van der Waals surface area contributed by atoms with E-state index in [1.807, 2.05) is 13.8 Å². The minimum Gasteiger partial charge on any atom is -0.392 e. The van der Waals surface area contributed by atoms with Gasteiger partial charge in [-0.15, -0.1) is 10.2 Å². The van der Waals surface area contributed by atoms with Gasteiger partial charge in [0.25, 0.3) is 0 Å². The van der Waals surface area contributed by atoms with E-state index in [0.29, 0.717) is 30.3 Å². The van der Waals surface area contributed by atoms with Gasteiger partial charge in [0.2, 0.25) is 0 Å². The van der Waals surface area contributed by atoms with Gasteiger partial charge in [0, 0.05) is 18.7 Å². The van der Waals surface area contributed by atoms with Gasteiger partial charge in [-0.25, -0.2) is 8.78 Å². The number of aromatic nitrogens is 2. The summed E-state index contributed by atoms with van der Waals surface area (Å²) >= 11 is 1.12. The highest BCUT2D eigenvalue weighted by Gasteiger charge is 2.36. The summed E-state index contributed by atoms with van der Waals surface area (Å²) in [5.41, 5.74) is 0.333. The fourth-order valence-electron chi connectivity index (χ4n) is 3.93. The van der Waals surface area contributed by atoms with Gasteiger partial charge in [0.15, 0.2) is 22.4 Å². The highest BCUT2D eigenvalue weighted by Crippen LogP contribution is 2.39. The number of anilines is 1. The van der Waals surface area contributed by atoms with Crippen LogP contribution < -0.4 is 4.90 Å². The molecule has 0 saturated carbocycles. The van der Waals surface area contributed by atoms with E-state index in [4.69, 9.17) is 14.2 Å². The van der Waals surface area contributed by atoms with Gasteiger partial charge >= 0.3 is 0 Å². The van der Waals surface area contributed by atoms with Crippen molar-refractivity contribution >= 4 is 17.0 Å². The first-order valence-electron chi connectivity index (χ1n) is 9.86. The molecule has 0 spiro atoms.